The van der Waals surface area contributed by atoms with Crippen LogP contribution in [0.15, 0.2) is 0 Å². The van der Waals surface area contributed by atoms with Crippen LogP contribution in [0.1, 0.15) is 40.0 Å². The lowest BCUT2D eigenvalue weighted by Gasteiger charge is -2.25. The first-order chi connectivity index (χ1) is 9.93. The smallest absolute Gasteiger partial charge is 0.317 e. The molecule has 21 heavy (non-hydrogen) atoms. The Morgan fingerprint density at radius 1 is 1.43 bits per heavy atom. The van der Waals surface area contributed by atoms with Crippen molar-refractivity contribution in [1.29, 1.82) is 0 Å². The fraction of sp³-hybridized carbons (Fsp3) is 0.867. The van der Waals surface area contributed by atoms with Gasteiger partial charge < -0.3 is 20.1 Å². The average Bonchev–Trinajstić information content (AvgIpc) is 2.92. The Bertz CT molecular complexity index is 341. The zero-order valence-corrected chi connectivity index (χ0v) is 13.3. The minimum Gasteiger partial charge on any atom is -0.481 e. The maximum atomic E-state index is 12.1. The van der Waals surface area contributed by atoms with E-state index in [1.54, 1.807) is 4.90 Å². The summed E-state index contributed by atoms with van der Waals surface area (Å²) in [5.41, 5.74) is 0. The maximum absolute atomic E-state index is 12.1. The van der Waals surface area contributed by atoms with Gasteiger partial charge in [-0.3, -0.25) is 4.79 Å². The van der Waals surface area contributed by atoms with E-state index < -0.39 is 11.9 Å². The molecule has 0 aromatic heterocycles. The second-order valence-corrected chi connectivity index (χ2v) is 6.02. The number of carbonyl (C=O) groups is 2. The van der Waals surface area contributed by atoms with Crippen LogP contribution in [0.3, 0.4) is 0 Å². The number of nitrogens with zero attached hydrogens (tertiary/aromatic N) is 1. The summed E-state index contributed by atoms with van der Waals surface area (Å²) < 4.78 is 5.54. The summed E-state index contributed by atoms with van der Waals surface area (Å²) in [6.07, 6.45) is 2.70. The van der Waals surface area contributed by atoms with Gasteiger partial charge in [0.1, 0.15) is 0 Å². The Morgan fingerprint density at radius 3 is 2.62 bits per heavy atom. The minimum absolute atomic E-state index is 0.113. The number of hydrogen-bond acceptors (Lipinski definition) is 3. The summed E-state index contributed by atoms with van der Waals surface area (Å²) in [6, 6.07) is -0.206. The number of amides is 2. The predicted octanol–water partition coefficient (Wildman–Crippen LogP) is 1.94. The number of carboxylic acids is 1. The van der Waals surface area contributed by atoms with E-state index in [0.717, 1.165) is 19.4 Å². The van der Waals surface area contributed by atoms with Gasteiger partial charge in [0.05, 0.1) is 12.0 Å². The SMILES string of the molecule is CCN(CC1CCCO1)C(=O)NCC(CC(C)C)C(=O)O. The lowest BCUT2D eigenvalue weighted by molar-refractivity contribution is -0.142. The molecular formula is C15H28N2O4. The molecule has 0 spiro atoms. The van der Waals surface area contributed by atoms with Gasteiger partial charge in [-0.05, 0) is 32.1 Å². The zero-order chi connectivity index (χ0) is 15.8. The first-order valence-electron chi connectivity index (χ1n) is 7.81. The second-order valence-electron chi connectivity index (χ2n) is 6.02. The van der Waals surface area contributed by atoms with Gasteiger partial charge in [0.2, 0.25) is 0 Å². The number of rotatable bonds is 8. The predicted molar refractivity (Wildman–Crippen MR) is 80.2 cm³/mol. The number of carbonyl (C=O) groups excluding carboxylic acids is 1. The molecule has 122 valence electrons. The van der Waals surface area contributed by atoms with E-state index in [1.807, 2.05) is 20.8 Å². The maximum Gasteiger partial charge on any atom is 0.317 e. The Labute approximate surface area is 126 Å². The number of urea groups is 1. The number of nitrogens with one attached hydrogen (secondary N) is 1. The van der Waals surface area contributed by atoms with E-state index >= 15 is 0 Å². The van der Waals surface area contributed by atoms with Gasteiger partial charge >= 0.3 is 12.0 Å². The van der Waals surface area contributed by atoms with Crippen LogP contribution < -0.4 is 5.32 Å². The van der Waals surface area contributed by atoms with Gasteiger partial charge in [0.25, 0.3) is 0 Å². The van der Waals surface area contributed by atoms with Crippen molar-refractivity contribution >= 4 is 12.0 Å². The molecular weight excluding hydrogens is 272 g/mol. The Hall–Kier alpha value is -1.30. The molecule has 0 aliphatic carbocycles. The minimum atomic E-state index is -0.855. The van der Waals surface area contributed by atoms with Gasteiger partial charge in [0.15, 0.2) is 0 Å². The van der Waals surface area contributed by atoms with Crippen molar-refractivity contribution in [1.82, 2.24) is 10.2 Å². The van der Waals surface area contributed by atoms with Crippen LogP contribution >= 0.6 is 0 Å². The molecule has 2 atom stereocenters. The first kappa shape index (κ1) is 17.8. The Kier molecular flexibility index (Phi) is 7.50. The summed E-state index contributed by atoms with van der Waals surface area (Å²) in [4.78, 5) is 25.0. The molecule has 2 amide bonds. The summed E-state index contributed by atoms with van der Waals surface area (Å²) in [6.45, 7) is 7.98. The third kappa shape index (κ3) is 6.33. The lowest BCUT2D eigenvalue weighted by atomic mass is 9.97. The first-order valence-corrected chi connectivity index (χ1v) is 7.81. The van der Waals surface area contributed by atoms with Gasteiger partial charge in [-0.1, -0.05) is 13.8 Å². The van der Waals surface area contributed by atoms with Crippen LogP contribution in [-0.4, -0.2) is 54.4 Å². The molecule has 1 aliphatic rings. The van der Waals surface area contributed by atoms with Gasteiger partial charge in [-0.15, -0.1) is 0 Å². The van der Waals surface area contributed by atoms with E-state index in [4.69, 9.17) is 4.74 Å². The summed E-state index contributed by atoms with van der Waals surface area (Å²) in [5.74, 6) is -1.10. The largest absolute Gasteiger partial charge is 0.481 e. The number of hydrogen-bond donors (Lipinski definition) is 2. The number of aliphatic carboxylic acids is 1. The number of ether oxygens (including phenoxy) is 1. The van der Waals surface area contributed by atoms with E-state index in [0.29, 0.717) is 19.5 Å². The fourth-order valence-electron chi connectivity index (χ4n) is 2.55. The van der Waals surface area contributed by atoms with E-state index in [-0.39, 0.29) is 24.6 Å². The van der Waals surface area contributed by atoms with Crippen LogP contribution in [0.25, 0.3) is 0 Å². The van der Waals surface area contributed by atoms with Crippen molar-refractivity contribution in [3.05, 3.63) is 0 Å². The highest BCUT2D eigenvalue weighted by molar-refractivity contribution is 5.76. The van der Waals surface area contributed by atoms with Crippen molar-refractivity contribution in [3.8, 4) is 0 Å². The molecule has 0 aromatic rings. The number of likely N-dealkylation sites (N-methyl/N-ethyl adjacent to an activating group) is 1. The van der Waals surface area contributed by atoms with Crippen LogP contribution in [0, 0.1) is 11.8 Å². The summed E-state index contributed by atoms with van der Waals surface area (Å²) in [5, 5.41) is 11.9. The molecule has 2 N–H and O–H groups in total. The quantitative estimate of drug-likeness (QED) is 0.718. The van der Waals surface area contributed by atoms with Gasteiger partial charge in [0, 0.05) is 26.2 Å². The van der Waals surface area contributed by atoms with E-state index in [2.05, 4.69) is 5.32 Å². The van der Waals surface area contributed by atoms with Crippen LogP contribution in [0.2, 0.25) is 0 Å². The average molecular weight is 300 g/mol. The molecule has 6 nitrogen and oxygen atoms in total. The molecule has 0 saturated carbocycles. The molecule has 6 heteroatoms. The Balaban J connectivity index is 2.42. The summed E-state index contributed by atoms with van der Waals surface area (Å²) in [7, 11) is 0. The molecule has 1 saturated heterocycles. The van der Waals surface area contributed by atoms with Crippen LogP contribution in [0.5, 0.6) is 0 Å². The van der Waals surface area contributed by atoms with Crippen LogP contribution in [0.4, 0.5) is 4.79 Å². The topological polar surface area (TPSA) is 78.9 Å². The summed E-state index contributed by atoms with van der Waals surface area (Å²) >= 11 is 0. The molecule has 1 aliphatic heterocycles. The second kappa shape index (κ2) is 8.87. The fourth-order valence-corrected chi connectivity index (χ4v) is 2.55. The third-order valence-corrected chi connectivity index (χ3v) is 3.72. The van der Waals surface area contributed by atoms with Gasteiger partial charge in [-0.2, -0.15) is 0 Å². The third-order valence-electron chi connectivity index (χ3n) is 3.72. The van der Waals surface area contributed by atoms with Gasteiger partial charge in [-0.25, -0.2) is 4.79 Å². The van der Waals surface area contributed by atoms with Crippen molar-refractivity contribution in [2.75, 3.05) is 26.2 Å². The number of carboxylic acid groups (broad SMARTS) is 1. The monoisotopic (exact) mass is 300 g/mol. The van der Waals surface area contributed by atoms with E-state index in [9.17, 15) is 14.7 Å². The van der Waals surface area contributed by atoms with Crippen molar-refractivity contribution in [3.63, 3.8) is 0 Å². The Morgan fingerprint density at radius 2 is 2.14 bits per heavy atom. The molecule has 2 unspecified atom stereocenters. The molecule has 1 rings (SSSR count). The highest BCUT2D eigenvalue weighted by Gasteiger charge is 2.24. The molecule has 1 heterocycles. The van der Waals surface area contributed by atoms with Crippen molar-refractivity contribution in [2.45, 2.75) is 46.1 Å². The zero-order valence-electron chi connectivity index (χ0n) is 13.3. The van der Waals surface area contributed by atoms with Crippen molar-refractivity contribution in [2.24, 2.45) is 11.8 Å². The lowest BCUT2D eigenvalue weighted by Crippen LogP contribution is -2.45. The van der Waals surface area contributed by atoms with E-state index in [1.165, 1.54) is 0 Å². The molecule has 0 radical (unpaired) electrons. The normalized spacial score (nSPS) is 19.5. The molecule has 0 aromatic carbocycles. The molecule has 1 fully saturated rings. The standard InChI is InChI=1S/C15H28N2O4/c1-4-17(10-13-6-5-7-21-13)15(20)16-9-12(14(18)19)8-11(2)3/h11-13H,4-10H2,1-3H3,(H,16,20)(H,18,19). The van der Waals surface area contributed by atoms with Crippen molar-refractivity contribution < 1.29 is 19.4 Å². The highest BCUT2D eigenvalue weighted by Crippen LogP contribution is 2.14. The van der Waals surface area contributed by atoms with Crippen LogP contribution in [-0.2, 0) is 9.53 Å². The highest BCUT2D eigenvalue weighted by atomic mass is 16.5. The molecule has 0 bridgehead atoms.